The Labute approximate surface area is 121 Å². The van der Waals surface area contributed by atoms with Gasteiger partial charge < -0.3 is 5.73 Å². The van der Waals surface area contributed by atoms with Crippen LogP contribution in [0.3, 0.4) is 0 Å². The molecule has 2 rings (SSSR count). The zero-order chi connectivity index (χ0) is 13.8. The maximum absolute atomic E-state index is 6.06. The van der Waals surface area contributed by atoms with E-state index in [1.807, 2.05) is 0 Å². The molecule has 2 nitrogen and oxygen atoms in total. The van der Waals surface area contributed by atoms with Crippen LogP contribution in [0.2, 0.25) is 0 Å². The second kappa shape index (κ2) is 6.78. The van der Waals surface area contributed by atoms with Crippen molar-refractivity contribution in [3.05, 3.63) is 29.8 Å². The van der Waals surface area contributed by atoms with Gasteiger partial charge in [-0.1, -0.05) is 12.1 Å². The van der Waals surface area contributed by atoms with Crippen molar-refractivity contribution in [2.45, 2.75) is 43.7 Å². The van der Waals surface area contributed by atoms with Gasteiger partial charge >= 0.3 is 0 Å². The zero-order valence-corrected chi connectivity index (χ0v) is 13.1. The molecule has 0 bridgehead atoms. The predicted molar refractivity (Wildman–Crippen MR) is 84.6 cm³/mol. The summed E-state index contributed by atoms with van der Waals surface area (Å²) in [5.74, 6) is 0.905. The van der Waals surface area contributed by atoms with Crippen LogP contribution in [0.5, 0.6) is 0 Å². The molecule has 2 N–H and O–H groups in total. The lowest BCUT2D eigenvalue weighted by Gasteiger charge is -2.35. The van der Waals surface area contributed by atoms with Crippen molar-refractivity contribution >= 4 is 11.8 Å². The van der Waals surface area contributed by atoms with Crippen LogP contribution in [-0.2, 0) is 0 Å². The van der Waals surface area contributed by atoms with Crippen LogP contribution in [0.15, 0.2) is 29.2 Å². The fraction of sp³-hybridized carbons (Fsp3) is 0.625. The van der Waals surface area contributed by atoms with Crippen molar-refractivity contribution in [3.8, 4) is 0 Å². The van der Waals surface area contributed by atoms with Crippen molar-refractivity contribution in [2.24, 2.45) is 11.7 Å². The molecule has 1 aromatic rings. The van der Waals surface area contributed by atoms with E-state index in [1.54, 1.807) is 11.8 Å². The molecule has 0 heterocycles. The molecule has 0 amide bonds. The highest BCUT2D eigenvalue weighted by atomic mass is 32.2. The second-order valence-electron chi connectivity index (χ2n) is 5.76. The molecule has 1 aliphatic rings. The Hall–Kier alpha value is -0.510. The first kappa shape index (κ1) is 14.9. The van der Waals surface area contributed by atoms with Gasteiger partial charge in [-0.25, -0.2) is 0 Å². The largest absolute Gasteiger partial charge is 0.329 e. The normalized spacial score (nSPS) is 17.2. The lowest BCUT2D eigenvalue weighted by atomic mass is 10.0. The predicted octanol–water partition coefficient (Wildman–Crippen LogP) is 3.53. The number of rotatable bonds is 7. The Bertz CT molecular complexity index is 384. The van der Waals surface area contributed by atoms with E-state index in [9.17, 15) is 0 Å². The molecule has 1 fully saturated rings. The average molecular weight is 278 g/mol. The molecule has 1 unspecified atom stereocenters. The third-order valence-electron chi connectivity index (χ3n) is 3.95. The Morgan fingerprint density at radius 2 is 1.89 bits per heavy atom. The summed E-state index contributed by atoms with van der Waals surface area (Å²) in [7, 11) is 0. The van der Waals surface area contributed by atoms with E-state index in [2.05, 4.69) is 49.3 Å². The van der Waals surface area contributed by atoms with Crippen molar-refractivity contribution < 1.29 is 0 Å². The molecule has 1 atom stereocenters. The van der Waals surface area contributed by atoms with E-state index >= 15 is 0 Å². The number of hydrogen-bond donors (Lipinski definition) is 1. The molecular weight excluding hydrogens is 252 g/mol. The minimum absolute atomic E-state index is 0.358. The van der Waals surface area contributed by atoms with Gasteiger partial charge in [0, 0.05) is 30.1 Å². The van der Waals surface area contributed by atoms with E-state index in [1.165, 1.54) is 29.8 Å². The maximum Gasteiger partial charge on any atom is 0.0473 e. The van der Waals surface area contributed by atoms with Crippen LogP contribution in [-0.4, -0.2) is 30.3 Å². The van der Waals surface area contributed by atoms with Gasteiger partial charge in [0.05, 0.1) is 0 Å². The molecule has 1 saturated carbocycles. The number of benzene rings is 1. The molecule has 0 saturated heterocycles. The fourth-order valence-corrected chi connectivity index (χ4v) is 2.99. The minimum Gasteiger partial charge on any atom is -0.329 e. The van der Waals surface area contributed by atoms with Crippen LogP contribution in [0, 0.1) is 5.92 Å². The third-order valence-corrected chi connectivity index (χ3v) is 4.70. The number of nitrogens with two attached hydrogens (primary N) is 1. The summed E-state index contributed by atoms with van der Waals surface area (Å²) in [5.41, 5.74) is 7.42. The molecular formula is C16H26N2S. The van der Waals surface area contributed by atoms with Crippen LogP contribution in [0.4, 0.5) is 0 Å². The molecule has 0 radical (unpaired) electrons. The van der Waals surface area contributed by atoms with Crippen molar-refractivity contribution in [1.29, 1.82) is 0 Å². The van der Waals surface area contributed by atoms with Gasteiger partial charge in [-0.2, -0.15) is 0 Å². The van der Waals surface area contributed by atoms with E-state index in [-0.39, 0.29) is 0 Å². The summed E-state index contributed by atoms with van der Waals surface area (Å²) < 4.78 is 0. The lowest BCUT2D eigenvalue weighted by molar-refractivity contribution is 0.149. The summed E-state index contributed by atoms with van der Waals surface area (Å²) in [6.45, 7) is 6.45. The fourth-order valence-electron chi connectivity index (χ4n) is 2.59. The van der Waals surface area contributed by atoms with E-state index < -0.39 is 0 Å². The van der Waals surface area contributed by atoms with Gasteiger partial charge in [-0.05, 0) is 56.6 Å². The highest BCUT2D eigenvalue weighted by Gasteiger charge is 2.29. The number of thioether (sulfide) groups is 1. The molecule has 3 heteroatoms. The molecule has 0 aliphatic heterocycles. The van der Waals surface area contributed by atoms with Crippen LogP contribution in [0.25, 0.3) is 0 Å². The molecule has 1 aliphatic carbocycles. The SMILES string of the molecule is CSc1ccc(C(CN)N(CC2CC2)C(C)C)cc1. The summed E-state index contributed by atoms with van der Waals surface area (Å²) in [6, 6.07) is 9.80. The molecule has 1 aromatic carbocycles. The first-order valence-corrected chi connectivity index (χ1v) is 8.48. The molecule has 0 aromatic heterocycles. The van der Waals surface area contributed by atoms with Crippen molar-refractivity contribution in [2.75, 3.05) is 19.3 Å². The summed E-state index contributed by atoms with van der Waals surface area (Å²) in [6.07, 6.45) is 4.90. The van der Waals surface area contributed by atoms with E-state index in [0.29, 0.717) is 18.6 Å². The first-order valence-electron chi connectivity index (χ1n) is 7.25. The Morgan fingerprint density at radius 1 is 1.26 bits per heavy atom. The van der Waals surface area contributed by atoms with Crippen LogP contribution < -0.4 is 5.73 Å². The Morgan fingerprint density at radius 3 is 2.32 bits per heavy atom. The molecule has 106 valence electrons. The van der Waals surface area contributed by atoms with Gasteiger partial charge in [0.15, 0.2) is 0 Å². The highest BCUT2D eigenvalue weighted by molar-refractivity contribution is 7.98. The number of hydrogen-bond acceptors (Lipinski definition) is 3. The van der Waals surface area contributed by atoms with Crippen molar-refractivity contribution in [3.63, 3.8) is 0 Å². The first-order chi connectivity index (χ1) is 9.15. The van der Waals surface area contributed by atoms with Crippen LogP contribution >= 0.6 is 11.8 Å². The van der Waals surface area contributed by atoms with Crippen LogP contribution in [0.1, 0.15) is 38.3 Å². The highest BCUT2D eigenvalue weighted by Crippen LogP contribution is 2.34. The van der Waals surface area contributed by atoms with Gasteiger partial charge in [0.25, 0.3) is 0 Å². The Kier molecular flexibility index (Phi) is 5.31. The smallest absolute Gasteiger partial charge is 0.0473 e. The quantitative estimate of drug-likeness (QED) is 0.774. The van der Waals surface area contributed by atoms with Crippen molar-refractivity contribution in [1.82, 2.24) is 4.90 Å². The molecule has 0 spiro atoms. The molecule has 19 heavy (non-hydrogen) atoms. The van der Waals surface area contributed by atoms with Gasteiger partial charge in [0.2, 0.25) is 0 Å². The lowest BCUT2D eigenvalue weighted by Crippen LogP contribution is -2.40. The standard InChI is InChI=1S/C16H26N2S/c1-12(2)18(11-13-4-5-13)16(10-17)14-6-8-15(19-3)9-7-14/h6-9,12-13,16H,4-5,10-11,17H2,1-3H3. The van der Waals surface area contributed by atoms with E-state index in [0.717, 1.165) is 5.92 Å². The topological polar surface area (TPSA) is 29.3 Å². The third kappa shape index (κ3) is 3.98. The maximum atomic E-state index is 6.06. The summed E-state index contributed by atoms with van der Waals surface area (Å²) >= 11 is 1.79. The zero-order valence-electron chi connectivity index (χ0n) is 12.3. The summed E-state index contributed by atoms with van der Waals surface area (Å²) in [4.78, 5) is 3.89. The summed E-state index contributed by atoms with van der Waals surface area (Å²) in [5, 5.41) is 0. The van der Waals surface area contributed by atoms with Gasteiger partial charge in [0.1, 0.15) is 0 Å². The van der Waals surface area contributed by atoms with Gasteiger partial charge in [-0.15, -0.1) is 11.8 Å². The Balaban J connectivity index is 2.14. The van der Waals surface area contributed by atoms with Gasteiger partial charge in [-0.3, -0.25) is 4.90 Å². The number of nitrogens with zero attached hydrogens (tertiary/aromatic N) is 1. The minimum atomic E-state index is 0.358. The monoisotopic (exact) mass is 278 g/mol. The second-order valence-corrected chi connectivity index (χ2v) is 6.64. The average Bonchev–Trinajstić information content (AvgIpc) is 3.23. The van der Waals surface area contributed by atoms with E-state index in [4.69, 9.17) is 5.73 Å².